The molecule has 2 aliphatic rings. The lowest BCUT2D eigenvalue weighted by molar-refractivity contribution is -0.384. The summed E-state index contributed by atoms with van der Waals surface area (Å²) in [6.45, 7) is -1.14. The van der Waals surface area contributed by atoms with Crippen molar-refractivity contribution in [2.24, 2.45) is 0 Å². The van der Waals surface area contributed by atoms with Crippen LogP contribution in [0.5, 0.6) is 0 Å². The molecular formula is C23H28Cl2N8O8. The van der Waals surface area contributed by atoms with E-state index in [-0.39, 0.29) is 41.5 Å². The Kier molecular flexibility index (Phi) is 7.71. The first-order valence-corrected chi connectivity index (χ1v) is 12.6. The van der Waals surface area contributed by atoms with Gasteiger partial charge >= 0.3 is 23.3 Å². The third kappa shape index (κ3) is 6.07. The number of hydrogen-bond acceptors (Lipinski definition) is 14. The lowest BCUT2D eigenvalue weighted by atomic mass is 9.93. The van der Waals surface area contributed by atoms with E-state index in [1.54, 1.807) is 11.8 Å². The highest BCUT2D eigenvalue weighted by Gasteiger charge is 2.50. The Labute approximate surface area is 251 Å². The molecule has 18 heteroatoms. The quantitative estimate of drug-likeness (QED) is 0.189. The van der Waals surface area contributed by atoms with Crippen LogP contribution >= 0.6 is 23.2 Å². The SMILES string of the molecule is COC(=O)[C@]1(C)CCCN1c1nc(Cl)ncc1[N+](=O)[O-].[2H]C([2H])([2H])C([2H])([2H])[C@@]1(C(=O)OC)CCCN1c1nc(Cl)ncc1[N+](=O)[O-]. The van der Waals surface area contributed by atoms with Gasteiger partial charge in [-0.25, -0.2) is 19.6 Å². The van der Waals surface area contributed by atoms with Crippen LogP contribution in [0.1, 0.15) is 52.7 Å². The molecular weight excluding hydrogens is 587 g/mol. The van der Waals surface area contributed by atoms with Gasteiger partial charge in [0, 0.05) is 19.9 Å². The molecule has 2 aromatic rings. The van der Waals surface area contributed by atoms with Crippen LogP contribution in [-0.2, 0) is 19.1 Å². The third-order valence-electron chi connectivity index (χ3n) is 6.72. The number of carbonyl (C=O) groups is 2. The van der Waals surface area contributed by atoms with Crippen LogP contribution in [0.4, 0.5) is 23.0 Å². The molecule has 2 aliphatic heterocycles. The van der Waals surface area contributed by atoms with Gasteiger partial charge < -0.3 is 19.3 Å². The molecule has 0 spiro atoms. The molecule has 0 unspecified atom stereocenters. The lowest BCUT2D eigenvalue weighted by Gasteiger charge is -2.35. The summed E-state index contributed by atoms with van der Waals surface area (Å²) in [6, 6.07) is 0. The summed E-state index contributed by atoms with van der Waals surface area (Å²) in [6.07, 6.45) is -0.0539. The van der Waals surface area contributed by atoms with Crippen LogP contribution in [0.3, 0.4) is 0 Å². The fraction of sp³-hybridized carbons (Fsp3) is 0.565. The van der Waals surface area contributed by atoms with Crippen LogP contribution < -0.4 is 9.80 Å². The van der Waals surface area contributed by atoms with Crippen molar-refractivity contribution in [1.29, 1.82) is 0 Å². The van der Waals surface area contributed by atoms with Gasteiger partial charge in [0.15, 0.2) is 0 Å². The van der Waals surface area contributed by atoms with E-state index in [9.17, 15) is 29.8 Å². The van der Waals surface area contributed by atoms with Crippen molar-refractivity contribution >= 4 is 58.2 Å². The van der Waals surface area contributed by atoms with Crippen LogP contribution in [0.2, 0.25) is 10.6 Å². The van der Waals surface area contributed by atoms with Crippen molar-refractivity contribution in [2.45, 2.75) is 56.9 Å². The molecule has 0 bridgehead atoms. The number of ether oxygens (including phenoxy) is 2. The van der Waals surface area contributed by atoms with E-state index in [2.05, 4.69) is 24.7 Å². The minimum atomic E-state index is -3.21. The van der Waals surface area contributed by atoms with Gasteiger partial charge in [-0.3, -0.25) is 20.2 Å². The predicted molar refractivity (Wildman–Crippen MR) is 146 cm³/mol. The van der Waals surface area contributed by atoms with Gasteiger partial charge in [-0.2, -0.15) is 9.97 Å². The number of rotatable bonds is 7. The van der Waals surface area contributed by atoms with Gasteiger partial charge in [0.1, 0.15) is 23.5 Å². The Morgan fingerprint density at radius 2 is 1.46 bits per heavy atom. The average Bonchev–Trinajstić information content (AvgIpc) is 3.61. The average molecular weight is 620 g/mol. The summed E-state index contributed by atoms with van der Waals surface area (Å²) in [5, 5.41) is 21.9. The maximum Gasteiger partial charge on any atom is 0.331 e. The molecule has 4 rings (SSSR count). The number of nitrogens with zero attached hydrogens (tertiary/aromatic N) is 8. The molecule has 4 heterocycles. The van der Waals surface area contributed by atoms with Crippen molar-refractivity contribution in [1.82, 2.24) is 19.9 Å². The van der Waals surface area contributed by atoms with E-state index in [4.69, 9.17) is 34.8 Å². The number of hydrogen-bond donors (Lipinski definition) is 0. The third-order valence-corrected chi connectivity index (χ3v) is 7.09. The summed E-state index contributed by atoms with van der Waals surface area (Å²) >= 11 is 11.4. The molecule has 0 radical (unpaired) electrons. The first kappa shape index (κ1) is 24.8. The fourth-order valence-electron chi connectivity index (χ4n) is 4.75. The number of nitro groups is 2. The van der Waals surface area contributed by atoms with Gasteiger partial charge in [-0.05, 0) is 62.2 Å². The molecule has 0 aliphatic carbocycles. The van der Waals surface area contributed by atoms with Gasteiger partial charge in [0.25, 0.3) is 0 Å². The minimum Gasteiger partial charge on any atom is -0.467 e. The Bertz CT molecular complexity index is 1540. The molecule has 2 aromatic heterocycles. The lowest BCUT2D eigenvalue weighted by Crippen LogP contribution is -2.51. The molecule has 222 valence electrons. The van der Waals surface area contributed by atoms with E-state index in [1.165, 1.54) is 7.11 Å². The summed E-state index contributed by atoms with van der Waals surface area (Å²) < 4.78 is 48.5. The summed E-state index contributed by atoms with van der Waals surface area (Å²) in [5.41, 5.74) is -4.25. The first-order chi connectivity index (χ1) is 21.3. The van der Waals surface area contributed by atoms with Gasteiger partial charge in [-0.1, -0.05) is 6.85 Å². The topological polar surface area (TPSA) is 197 Å². The molecule has 16 nitrogen and oxygen atoms in total. The second-order valence-corrected chi connectivity index (χ2v) is 9.64. The van der Waals surface area contributed by atoms with E-state index in [0.29, 0.717) is 19.4 Å². The normalized spacial score (nSPS) is 24.1. The van der Waals surface area contributed by atoms with Crippen molar-refractivity contribution in [2.75, 3.05) is 37.1 Å². The molecule has 2 fully saturated rings. The monoisotopic (exact) mass is 619 g/mol. The molecule has 0 saturated carbocycles. The zero-order valence-electron chi connectivity index (χ0n) is 27.0. The maximum absolute atomic E-state index is 12.6. The number of anilines is 2. The largest absolute Gasteiger partial charge is 0.467 e. The predicted octanol–water partition coefficient (Wildman–Crippen LogP) is 3.53. The van der Waals surface area contributed by atoms with E-state index in [1.807, 2.05) is 0 Å². The number of methoxy groups -OCH3 is 2. The summed E-state index contributed by atoms with van der Waals surface area (Å²) in [7, 11) is 2.27. The van der Waals surface area contributed by atoms with Gasteiger partial charge in [-0.15, -0.1) is 0 Å². The molecule has 0 N–H and O–H groups in total. The van der Waals surface area contributed by atoms with Gasteiger partial charge in [0.05, 0.1) is 24.1 Å². The zero-order valence-corrected chi connectivity index (χ0v) is 23.5. The second kappa shape index (κ2) is 12.7. The van der Waals surface area contributed by atoms with Crippen LogP contribution in [0, 0.1) is 20.2 Å². The van der Waals surface area contributed by atoms with Crippen molar-refractivity contribution in [3.63, 3.8) is 0 Å². The number of esters is 2. The smallest absolute Gasteiger partial charge is 0.331 e. The number of aromatic nitrogens is 4. The summed E-state index contributed by atoms with van der Waals surface area (Å²) in [5.74, 6) is -2.02. The highest BCUT2D eigenvalue weighted by molar-refractivity contribution is 6.28. The molecule has 41 heavy (non-hydrogen) atoms. The second-order valence-electron chi connectivity index (χ2n) is 8.96. The van der Waals surface area contributed by atoms with Gasteiger partial charge in [0.2, 0.25) is 22.2 Å². The molecule has 2 saturated heterocycles. The standard InChI is InChI=1S/C12H15ClN4O4.C11H13ClN4O4/c1-3-12(10(18)21-2)5-4-6-16(12)9-8(17(19)20)7-14-11(13)15-9;1-11(9(17)20-2)4-3-5-15(11)8-7(16(18)19)6-13-10(12)14-8/h7H,3-6H2,1-2H3;6H,3-5H2,1-2H3/t12-;11-/m00/s1/i1D3,3D2;. The van der Waals surface area contributed by atoms with E-state index < -0.39 is 57.6 Å². The molecule has 0 aromatic carbocycles. The Morgan fingerprint density at radius 3 is 1.95 bits per heavy atom. The highest BCUT2D eigenvalue weighted by atomic mass is 35.5. The Hall–Kier alpha value is -3.92. The van der Waals surface area contributed by atoms with Crippen LogP contribution in [0.15, 0.2) is 12.4 Å². The molecule has 0 amide bonds. The highest BCUT2D eigenvalue weighted by Crippen LogP contribution is 2.41. The van der Waals surface area contributed by atoms with E-state index in [0.717, 1.165) is 24.4 Å². The number of carbonyl (C=O) groups excluding carboxylic acids is 2. The maximum atomic E-state index is 12.6. The molecule has 2 atom stereocenters. The van der Waals surface area contributed by atoms with Crippen molar-refractivity contribution < 1.29 is 35.8 Å². The minimum absolute atomic E-state index is 0.0420. The van der Waals surface area contributed by atoms with E-state index >= 15 is 0 Å². The van der Waals surface area contributed by atoms with Crippen LogP contribution in [-0.4, -0.2) is 80.1 Å². The zero-order chi connectivity index (χ0) is 34.8. The van der Waals surface area contributed by atoms with Crippen LogP contribution in [0.25, 0.3) is 0 Å². The Balaban J connectivity index is 0.000000259. The first-order valence-electron chi connectivity index (χ1n) is 14.4. The van der Waals surface area contributed by atoms with Crippen molar-refractivity contribution in [3.05, 3.63) is 43.2 Å². The fourth-order valence-corrected chi connectivity index (χ4v) is 5.01. The summed E-state index contributed by atoms with van der Waals surface area (Å²) in [4.78, 5) is 62.9. The van der Waals surface area contributed by atoms with Crippen molar-refractivity contribution in [3.8, 4) is 0 Å². The Morgan fingerprint density at radius 1 is 0.976 bits per heavy atom. The number of halogens is 2.